The average molecular weight is 360 g/mol. The molecule has 0 fully saturated rings. The predicted molar refractivity (Wildman–Crippen MR) is 77.6 cm³/mol. The van der Waals surface area contributed by atoms with E-state index in [1.165, 1.54) is 6.07 Å². The average Bonchev–Trinajstić information content (AvgIpc) is 2.39. The molecule has 0 atom stereocenters. The monoisotopic (exact) mass is 360 g/mol. The molecule has 0 saturated carbocycles. The van der Waals surface area contributed by atoms with Gasteiger partial charge in [0.1, 0.15) is 0 Å². The summed E-state index contributed by atoms with van der Waals surface area (Å²) in [6, 6.07) is 3.51. The van der Waals surface area contributed by atoms with Gasteiger partial charge in [0.2, 0.25) is 0 Å². The maximum atomic E-state index is 11.3. The van der Waals surface area contributed by atoms with Gasteiger partial charge < -0.3 is 11.6 Å². The number of amides is 3. The Morgan fingerprint density at radius 3 is 1.95 bits per heavy atom. The molecule has 0 aromatic heterocycles. The standard InChI is InChI=1S/C8H8N2O4S.CH4N2OS.K.H/c11-5-2-1-4(3-6(5)12)7(13)9-10-8(14)15;2-3-1(4)5;;/h1-3,11-12H,(H,9,13)(H2,10,14,15);2H2,(H2,3,4,5);;/q;;+1;-1. The van der Waals surface area contributed by atoms with Gasteiger partial charge in [-0.25, -0.2) is 5.84 Å². The molecule has 9 nitrogen and oxygen atoms in total. The molecule has 0 unspecified atom stereocenters. The van der Waals surface area contributed by atoms with E-state index in [1.54, 1.807) is 5.43 Å². The molecule has 112 valence electrons. The van der Waals surface area contributed by atoms with Crippen LogP contribution in [0, 0.1) is 0 Å². The van der Waals surface area contributed by atoms with Crippen LogP contribution in [-0.2, 0) is 0 Å². The molecule has 7 N–H and O–H groups in total. The molecular formula is C9H13KN4O5S2. The van der Waals surface area contributed by atoms with Crippen LogP contribution in [0.3, 0.4) is 0 Å². The number of thiol groups is 2. The van der Waals surface area contributed by atoms with E-state index in [0.717, 1.165) is 12.1 Å². The Morgan fingerprint density at radius 2 is 1.57 bits per heavy atom. The fraction of sp³-hybridized carbons (Fsp3) is 0. The summed E-state index contributed by atoms with van der Waals surface area (Å²) in [6.45, 7) is 0. The van der Waals surface area contributed by atoms with Gasteiger partial charge in [-0.2, -0.15) is 0 Å². The van der Waals surface area contributed by atoms with Gasteiger partial charge in [-0.1, -0.05) is 25.3 Å². The van der Waals surface area contributed by atoms with E-state index in [2.05, 4.69) is 31.1 Å². The Kier molecular flexibility index (Phi) is 13.1. The van der Waals surface area contributed by atoms with Crippen molar-refractivity contribution in [1.29, 1.82) is 0 Å². The number of phenols is 2. The van der Waals surface area contributed by atoms with Crippen molar-refractivity contribution in [3.8, 4) is 11.5 Å². The summed E-state index contributed by atoms with van der Waals surface area (Å²) in [4.78, 5) is 31.1. The molecule has 0 aliphatic rings. The molecule has 0 aliphatic heterocycles. The van der Waals surface area contributed by atoms with Crippen LogP contribution in [0.15, 0.2) is 18.2 Å². The second-order valence-electron chi connectivity index (χ2n) is 3.04. The molecule has 0 radical (unpaired) electrons. The smallest absolute Gasteiger partial charge is 1.00 e. The van der Waals surface area contributed by atoms with Gasteiger partial charge in [-0.3, -0.25) is 30.7 Å². The fourth-order valence-electron chi connectivity index (χ4n) is 0.847. The van der Waals surface area contributed by atoms with Crippen LogP contribution >= 0.6 is 25.3 Å². The molecule has 0 spiro atoms. The number of rotatable bonds is 1. The van der Waals surface area contributed by atoms with Crippen molar-refractivity contribution >= 4 is 41.6 Å². The molecule has 0 saturated heterocycles. The summed E-state index contributed by atoms with van der Waals surface area (Å²) < 4.78 is 0. The minimum Gasteiger partial charge on any atom is -1.00 e. The summed E-state index contributed by atoms with van der Waals surface area (Å²) >= 11 is 6.59. The van der Waals surface area contributed by atoms with Crippen LogP contribution in [0.25, 0.3) is 0 Å². The van der Waals surface area contributed by atoms with Crippen LogP contribution in [0.4, 0.5) is 9.59 Å². The van der Waals surface area contributed by atoms with E-state index in [0.29, 0.717) is 0 Å². The number of hydrazine groups is 2. The van der Waals surface area contributed by atoms with Gasteiger partial charge in [0.25, 0.3) is 16.4 Å². The van der Waals surface area contributed by atoms with E-state index in [9.17, 15) is 14.4 Å². The largest absolute Gasteiger partial charge is 1.00 e. The van der Waals surface area contributed by atoms with Crippen molar-refractivity contribution in [3.63, 3.8) is 0 Å². The molecule has 0 aliphatic carbocycles. The van der Waals surface area contributed by atoms with Gasteiger partial charge >= 0.3 is 51.4 Å². The first-order valence-electron chi connectivity index (χ1n) is 4.78. The number of hydrogen-bond acceptors (Lipinski definition) is 6. The van der Waals surface area contributed by atoms with Crippen LogP contribution in [0.1, 0.15) is 11.8 Å². The van der Waals surface area contributed by atoms with Gasteiger partial charge in [0.15, 0.2) is 11.5 Å². The third kappa shape index (κ3) is 10.8. The summed E-state index contributed by atoms with van der Waals surface area (Å²) in [5.74, 6) is 3.12. The quantitative estimate of drug-likeness (QED) is 0.0667. The molecular weight excluding hydrogens is 347 g/mol. The fourth-order valence-corrected chi connectivity index (χ4v) is 0.903. The van der Waals surface area contributed by atoms with E-state index in [4.69, 9.17) is 10.2 Å². The molecule has 1 aromatic rings. The molecule has 3 amide bonds. The zero-order valence-electron chi connectivity index (χ0n) is 11.8. The number of carbonyl (C=O) groups is 3. The van der Waals surface area contributed by atoms with Gasteiger partial charge in [0.05, 0.1) is 0 Å². The molecule has 12 heteroatoms. The molecule has 21 heavy (non-hydrogen) atoms. The van der Waals surface area contributed by atoms with Gasteiger partial charge in [-0.05, 0) is 18.2 Å². The summed E-state index contributed by atoms with van der Waals surface area (Å²) in [5, 5.41) is 16.8. The van der Waals surface area contributed by atoms with Gasteiger partial charge in [-0.15, -0.1) is 0 Å². The minimum absolute atomic E-state index is 0. The molecule has 1 aromatic carbocycles. The number of aromatic hydroxyl groups is 2. The third-order valence-corrected chi connectivity index (χ3v) is 1.88. The number of carbonyl (C=O) groups excluding carboxylic acids is 3. The van der Waals surface area contributed by atoms with E-state index < -0.39 is 22.1 Å². The van der Waals surface area contributed by atoms with E-state index >= 15 is 0 Å². The normalized spacial score (nSPS) is 8.33. The van der Waals surface area contributed by atoms with Crippen LogP contribution in [-0.4, -0.2) is 26.6 Å². The zero-order valence-corrected chi connectivity index (χ0v) is 15.7. The predicted octanol–water partition coefficient (Wildman–Crippen LogP) is -3.00. The zero-order chi connectivity index (χ0) is 15.7. The number of hydrogen-bond donors (Lipinski definition) is 8. The first kappa shape index (κ1) is 22.8. The second kappa shape index (κ2) is 12.1. The molecule has 0 bridgehead atoms. The number of nitrogens with two attached hydrogens (primary N) is 1. The summed E-state index contributed by atoms with van der Waals surface area (Å²) in [6.07, 6.45) is 0. The third-order valence-electron chi connectivity index (χ3n) is 1.64. The Labute approximate surface area is 174 Å². The maximum Gasteiger partial charge on any atom is 1.00 e. The summed E-state index contributed by atoms with van der Waals surface area (Å²) in [7, 11) is 0. The SMILES string of the molecule is NNC(=O)S.O=C(S)NNC(=O)c1ccc(O)c(O)c1.[H-].[K+]. The summed E-state index contributed by atoms with van der Waals surface area (Å²) in [5.41, 5.74) is 5.84. The van der Waals surface area contributed by atoms with Crippen LogP contribution in [0.5, 0.6) is 11.5 Å². The molecule has 1 rings (SSSR count). The topological polar surface area (TPSA) is 154 Å². The number of phenolic OH excluding ortho intramolecular Hbond substituents is 2. The van der Waals surface area contributed by atoms with E-state index in [1.807, 2.05) is 10.9 Å². The van der Waals surface area contributed by atoms with Crippen molar-refractivity contribution in [2.75, 3.05) is 0 Å². The first-order valence-corrected chi connectivity index (χ1v) is 5.68. The van der Waals surface area contributed by atoms with Crippen molar-refractivity contribution in [2.24, 2.45) is 5.84 Å². The minimum atomic E-state index is -0.716. The second-order valence-corrected chi connectivity index (χ2v) is 3.85. The Bertz CT molecular complexity index is 523. The molecule has 0 heterocycles. The Balaban J connectivity index is -0.000000452. The van der Waals surface area contributed by atoms with Crippen molar-refractivity contribution in [3.05, 3.63) is 23.8 Å². The van der Waals surface area contributed by atoms with Crippen molar-refractivity contribution in [2.45, 2.75) is 0 Å². The first-order chi connectivity index (χ1) is 9.27. The van der Waals surface area contributed by atoms with Gasteiger partial charge in [0, 0.05) is 5.56 Å². The Morgan fingerprint density at radius 1 is 1.05 bits per heavy atom. The van der Waals surface area contributed by atoms with E-state index in [-0.39, 0.29) is 64.1 Å². The number of nitrogens with one attached hydrogen (secondary N) is 3. The van der Waals surface area contributed by atoms with Crippen LogP contribution in [0.2, 0.25) is 0 Å². The Hall–Kier alpha value is -0.474. The number of benzene rings is 1. The van der Waals surface area contributed by atoms with Crippen molar-refractivity contribution < 1.29 is 77.4 Å². The van der Waals surface area contributed by atoms with Crippen LogP contribution < -0.4 is 73.5 Å². The van der Waals surface area contributed by atoms with Crippen molar-refractivity contribution in [1.82, 2.24) is 16.3 Å². The maximum absolute atomic E-state index is 11.3.